The zero-order valence-corrected chi connectivity index (χ0v) is 29.7. The molecule has 0 radical (unpaired) electrons. The SMILES string of the molecule is CC(C)(C)c1c[c-]c(-c2[c-]c(-c3cccc(Oc4cccc5c4[n-]c4ccccc45)n3)cc(-c3ccc(C(C)(C)C)cc3)c2)cc1.[Au+3]. The van der Waals surface area contributed by atoms with Crippen LogP contribution < -0.4 is 9.72 Å². The molecule has 0 saturated carbocycles. The molecule has 0 N–H and O–H groups in total. The van der Waals surface area contributed by atoms with E-state index in [0.29, 0.717) is 11.6 Å². The van der Waals surface area contributed by atoms with Gasteiger partial charge in [0.25, 0.3) is 0 Å². The third-order valence-electron chi connectivity index (χ3n) is 8.56. The summed E-state index contributed by atoms with van der Waals surface area (Å²) in [5.41, 5.74) is 10.4. The molecule has 236 valence electrons. The predicted octanol–water partition coefficient (Wildman–Crippen LogP) is 11.3. The van der Waals surface area contributed by atoms with Crippen LogP contribution in [0.1, 0.15) is 52.7 Å². The molecular weight excluding hydrogens is 757 g/mol. The maximum Gasteiger partial charge on any atom is 3.00 e. The van der Waals surface area contributed by atoms with Gasteiger partial charge in [0.05, 0.1) is 0 Å². The van der Waals surface area contributed by atoms with Crippen LogP contribution in [0.15, 0.2) is 115 Å². The van der Waals surface area contributed by atoms with Crippen molar-refractivity contribution in [3.8, 4) is 45.1 Å². The van der Waals surface area contributed by atoms with Gasteiger partial charge in [-0.25, -0.2) is 5.56 Å². The van der Waals surface area contributed by atoms with E-state index < -0.39 is 0 Å². The summed E-state index contributed by atoms with van der Waals surface area (Å²) in [6.07, 6.45) is 0. The Balaban J connectivity index is 0.00000386. The Morgan fingerprint density at radius 3 is 2.02 bits per heavy atom. The molecule has 0 bridgehead atoms. The molecule has 0 saturated heterocycles. The Labute approximate surface area is 293 Å². The van der Waals surface area contributed by atoms with Crippen molar-refractivity contribution in [1.82, 2.24) is 9.97 Å². The molecule has 7 aromatic rings. The van der Waals surface area contributed by atoms with E-state index in [-0.39, 0.29) is 33.2 Å². The fourth-order valence-corrected chi connectivity index (χ4v) is 5.83. The number of hydrogen-bond acceptors (Lipinski definition) is 2. The van der Waals surface area contributed by atoms with E-state index >= 15 is 0 Å². The molecule has 0 spiro atoms. The molecule has 0 atom stereocenters. The average molecular weight is 795 g/mol. The Hall–Kier alpha value is -4.41. The Morgan fingerprint density at radius 2 is 1.30 bits per heavy atom. The largest absolute Gasteiger partial charge is 3.00 e. The first-order valence-electron chi connectivity index (χ1n) is 15.8. The predicted molar refractivity (Wildman–Crippen MR) is 190 cm³/mol. The Bertz CT molecular complexity index is 2100. The molecule has 3 nitrogen and oxygen atoms in total. The van der Waals surface area contributed by atoms with Gasteiger partial charge in [0.2, 0.25) is 5.88 Å². The zero-order valence-electron chi connectivity index (χ0n) is 27.6. The number of hydrogen-bond donors (Lipinski definition) is 0. The van der Waals surface area contributed by atoms with Crippen molar-refractivity contribution in [1.29, 1.82) is 0 Å². The third kappa shape index (κ3) is 6.71. The van der Waals surface area contributed by atoms with Crippen LogP contribution in [-0.4, -0.2) is 4.98 Å². The maximum absolute atomic E-state index is 6.41. The minimum atomic E-state index is 0. The summed E-state index contributed by atoms with van der Waals surface area (Å²) >= 11 is 0. The van der Waals surface area contributed by atoms with Gasteiger partial charge in [-0.1, -0.05) is 125 Å². The van der Waals surface area contributed by atoms with Crippen molar-refractivity contribution >= 4 is 21.8 Å². The van der Waals surface area contributed by atoms with Crippen molar-refractivity contribution in [3.63, 3.8) is 0 Å². The van der Waals surface area contributed by atoms with E-state index in [1.165, 1.54) is 11.1 Å². The smallest absolute Gasteiger partial charge is 0.654 e. The molecule has 0 amide bonds. The summed E-state index contributed by atoms with van der Waals surface area (Å²) in [5, 5.41) is 2.19. The molecule has 47 heavy (non-hydrogen) atoms. The molecule has 7 rings (SSSR count). The summed E-state index contributed by atoms with van der Waals surface area (Å²) < 4.78 is 6.41. The van der Waals surface area contributed by atoms with Crippen LogP contribution in [0.3, 0.4) is 0 Å². The quantitative estimate of drug-likeness (QED) is 0.129. The van der Waals surface area contributed by atoms with Crippen molar-refractivity contribution in [2.45, 2.75) is 52.4 Å². The number of aromatic nitrogens is 2. The van der Waals surface area contributed by atoms with Crippen LogP contribution in [0, 0.1) is 12.1 Å². The van der Waals surface area contributed by atoms with E-state index in [9.17, 15) is 0 Å². The molecule has 0 aliphatic carbocycles. The molecule has 0 fully saturated rings. The zero-order chi connectivity index (χ0) is 32.1. The van der Waals surface area contributed by atoms with Gasteiger partial charge in [0.1, 0.15) is 5.75 Å². The Morgan fingerprint density at radius 1 is 0.617 bits per heavy atom. The van der Waals surface area contributed by atoms with Crippen molar-refractivity contribution in [3.05, 3.63) is 139 Å². The normalized spacial score (nSPS) is 11.9. The number of nitrogens with zero attached hydrogens (tertiary/aromatic N) is 2. The summed E-state index contributed by atoms with van der Waals surface area (Å²) in [6, 6.07) is 47.0. The van der Waals surface area contributed by atoms with E-state index in [1.807, 2.05) is 48.5 Å². The van der Waals surface area contributed by atoms with Crippen LogP contribution in [-0.2, 0) is 33.2 Å². The maximum atomic E-state index is 6.41. The van der Waals surface area contributed by atoms with E-state index in [4.69, 9.17) is 14.7 Å². The second kappa shape index (κ2) is 12.7. The monoisotopic (exact) mass is 794 g/mol. The number of pyridine rings is 1. The fraction of sp³-hybridized carbons (Fsp3) is 0.186. The van der Waals surface area contributed by atoms with Crippen LogP contribution in [0.4, 0.5) is 0 Å². The average Bonchev–Trinajstić information content (AvgIpc) is 3.44. The van der Waals surface area contributed by atoms with Gasteiger partial charge >= 0.3 is 22.4 Å². The number of rotatable bonds is 5. The first-order valence-corrected chi connectivity index (χ1v) is 15.8. The van der Waals surface area contributed by atoms with Gasteiger partial charge in [0, 0.05) is 5.69 Å². The van der Waals surface area contributed by atoms with Crippen molar-refractivity contribution in [2.75, 3.05) is 0 Å². The number of para-hydroxylation sites is 2. The number of benzene rings is 5. The topological polar surface area (TPSA) is 36.2 Å². The molecule has 5 aromatic carbocycles. The second-order valence-corrected chi connectivity index (χ2v) is 14.0. The molecule has 0 aliphatic heterocycles. The van der Waals surface area contributed by atoms with Gasteiger partial charge in [-0.05, 0) is 44.9 Å². The summed E-state index contributed by atoms with van der Waals surface area (Å²) in [7, 11) is 0. The molecular formula is C43H37AuN2O. The minimum absolute atomic E-state index is 0. The van der Waals surface area contributed by atoms with Gasteiger partial charge in [-0.15, -0.1) is 28.8 Å². The molecule has 2 aromatic heterocycles. The first kappa shape index (κ1) is 32.5. The molecule has 4 heteroatoms. The van der Waals surface area contributed by atoms with E-state index in [2.05, 4.69) is 120 Å². The van der Waals surface area contributed by atoms with Crippen molar-refractivity contribution in [2.24, 2.45) is 0 Å². The third-order valence-corrected chi connectivity index (χ3v) is 8.56. The molecule has 0 aliphatic rings. The van der Waals surface area contributed by atoms with Crippen molar-refractivity contribution < 1.29 is 27.1 Å². The van der Waals surface area contributed by atoms with Crippen LogP contribution in [0.5, 0.6) is 11.6 Å². The van der Waals surface area contributed by atoms with Gasteiger partial charge in [0.15, 0.2) is 0 Å². The number of ether oxygens (including phenoxy) is 1. The number of fused-ring (bicyclic) bond motifs is 3. The first-order chi connectivity index (χ1) is 22.0. The summed E-state index contributed by atoms with van der Waals surface area (Å²) in [5.74, 6) is 1.19. The van der Waals surface area contributed by atoms with Gasteiger partial charge in [-0.3, -0.25) is 4.98 Å². The molecule has 2 heterocycles. The van der Waals surface area contributed by atoms with Crippen LogP contribution in [0.25, 0.3) is 55.3 Å². The van der Waals surface area contributed by atoms with Gasteiger partial charge < -0.3 is 9.72 Å². The van der Waals surface area contributed by atoms with Crippen LogP contribution >= 0.6 is 0 Å². The fourth-order valence-electron chi connectivity index (χ4n) is 5.83. The van der Waals surface area contributed by atoms with E-state index in [1.54, 1.807) is 0 Å². The Kier molecular flexibility index (Phi) is 8.76. The second-order valence-electron chi connectivity index (χ2n) is 14.0. The minimum Gasteiger partial charge on any atom is -0.654 e. The molecule has 0 unspecified atom stereocenters. The van der Waals surface area contributed by atoms with E-state index in [0.717, 1.165) is 55.3 Å². The summed E-state index contributed by atoms with van der Waals surface area (Å²) in [6.45, 7) is 13.4. The van der Waals surface area contributed by atoms with Gasteiger partial charge in [-0.2, -0.15) is 35.9 Å². The standard InChI is InChI=1S/C43H37N2O.Au/c1-42(2,3)33-21-17-28(18-22-33)30-25-31(29-19-23-34(24-20-29)43(4,5)6)27-32(26-30)37-14-10-16-40(44-37)46-39-15-9-12-36-35-11-7-8-13-38(35)45-41(36)39;/h7-19,21-26H,1-6H3;/q-3;+3. The summed E-state index contributed by atoms with van der Waals surface area (Å²) in [4.78, 5) is 9.83. The van der Waals surface area contributed by atoms with Crippen LogP contribution in [0.2, 0.25) is 0 Å².